The molecular formula is C18H24ClNO. The van der Waals surface area contributed by atoms with E-state index in [1.807, 2.05) is 30.5 Å². The lowest BCUT2D eigenvalue weighted by molar-refractivity contribution is -0.117. The summed E-state index contributed by atoms with van der Waals surface area (Å²) in [6, 6.07) is 7.58. The van der Waals surface area contributed by atoms with Crippen LogP contribution in [-0.4, -0.2) is 5.78 Å². The lowest BCUT2D eigenvalue weighted by atomic mass is 9.68. The van der Waals surface area contributed by atoms with Gasteiger partial charge in [-0.05, 0) is 36.3 Å². The fraction of sp³-hybridized carbons (Fsp3) is 0.500. The summed E-state index contributed by atoms with van der Waals surface area (Å²) in [6.07, 6.45) is 5.50. The minimum atomic E-state index is 0.262. The molecule has 0 bridgehead atoms. The van der Waals surface area contributed by atoms with Gasteiger partial charge in [0.1, 0.15) is 0 Å². The van der Waals surface area contributed by atoms with Crippen molar-refractivity contribution in [2.75, 3.05) is 5.32 Å². The Labute approximate surface area is 132 Å². The fourth-order valence-corrected chi connectivity index (χ4v) is 2.98. The van der Waals surface area contributed by atoms with Crippen LogP contribution in [0, 0.1) is 11.3 Å². The standard InChI is InChI=1S/C18H24ClNO/c1-4-18(2,3)14-9-10-17(21)13(11-14)12-20-16-8-6-5-7-15(16)19/h5-8,12,14,20H,4,9-11H2,1-3H3/b13-12+/t14-/m1/s1. The fourth-order valence-electron chi connectivity index (χ4n) is 2.79. The van der Waals surface area contributed by atoms with Crippen molar-refractivity contribution >= 4 is 23.1 Å². The minimum Gasteiger partial charge on any atom is -0.360 e. The number of ketones is 1. The number of nitrogens with one attached hydrogen (secondary N) is 1. The molecule has 3 heteroatoms. The second-order valence-corrected chi connectivity index (χ2v) is 6.91. The maximum absolute atomic E-state index is 12.1. The highest BCUT2D eigenvalue weighted by Crippen LogP contribution is 2.41. The van der Waals surface area contributed by atoms with E-state index in [-0.39, 0.29) is 11.2 Å². The van der Waals surface area contributed by atoms with Gasteiger partial charge in [0.15, 0.2) is 5.78 Å². The van der Waals surface area contributed by atoms with Gasteiger partial charge in [-0.1, -0.05) is 50.9 Å². The van der Waals surface area contributed by atoms with Gasteiger partial charge in [0.25, 0.3) is 0 Å². The number of carbonyl (C=O) groups excluding carboxylic acids is 1. The third kappa shape index (κ3) is 3.88. The molecule has 1 aliphatic rings. The van der Waals surface area contributed by atoms with E-state index in [1.54, 1.807) is 0 Å². The molecule has 2 nitrogen and oxygen atoms in total. The summed E-state index contributed by atoms with van der Waals surface area (Å²) in [6.45, 7) is 6.82. The SMILES string of the molecule is CCC(C)(C)[C@@H]1CCC(=O)/C(=C/Nc2ccccc2Cl)C1. The molecule has 114 valence electrons. The average molecular weight is 306 g/mol. The first-order valence-corrected chi connectivity index (χ1v) is 8.05. The van der Waals surface area contributed by atoms with E-state index >= 15 is 0 Å². The van der Waals surface area contributed by atoms with Gasteiger partial charge in [-0.3, -0.25) is 4.79 Å². The van der Waals surface area contributed by atoms with Crippen molar-refractivity contribution in [3.8, 4) is 0 Å². The molecule has 1 atom stereocenters. The van der Waals surface area contributed by atoms with Gasteiger partial charge in [0.2, 0.25) is 0 Å². The molecule has 0 radical (unpaired) electrons. The monoisotopic (exact) mass is 305 g/mol. The molecule has 21 heavy (non-hydrogen) atoms. The highest BCUT2D eigenvalue weighted by atomic mass is 35.5. The van der Waals surface area contributed by atoms with Crippen molar-refractivity contribution in [3.63, 3.8) is 0 Å². The van der Waals surface area contributed by atoms with E-state index in [1.165, 1.54) is 0 Å². The van der Waals surface area contributed by atoms with Crippen LogP contribution in [0.25, 0.3) is 0 Å². The van der Waals surface area contributed by atoms with Crippen LogP contribution in [0.3, 0.4) is 0 Å². The number of allylic oxidation sites excluding steroid dienone is 1. The molecule has 1 N–H and O–H groups in total. The smallest absolute Gasteiger partial charge is 0.160 e. The van der Waals surface area contributed by atoms with E-state index in [4.69, 9.17) is 11.6 Å². The molecule has 0 spiro atoms. The van der Waals surface area contributed by atoms with Crippen LogP contribution in [0.15, 0.2) is 36.0 Å². The average Bonchev–Trinajstić information content (AvgIpc) is 2.47. The summed E-state index contributed by atoms with van der Waals surface area (Å²) >= 11 is 6.13. The van der Waals surface area contributed by atoms with Gasteiger partial charge in [-0.25, -0.2) is 0 Å². The molecular weight excluding hydrogens is 282 g/mol. The number of benzene rings is 1. The van der Waals surface area contributed by atoms with Crippen LogP contribution < -0.4 is 5.32 Å². The predicted molar refractivity (Wildman–Crippen MR) is 89.6 cm³/mol. The van der Waals surface area contributed by atoms with E-state index < -0.39 is 0 Å². The van der Waals surface area contributed by atoms with Crippen molar-refractivity contribution in [1.82, 2.24) is 0 Å². The molecule has 0 amide bonds. The van der Waals surface area contributed by atoms with Crippen LogP contribution >= 0.6 is 11.6 Å². The second-order valence-electron chi connectivity index (χ2n) is 6.50. The highest BCUT2D eigenvalue weighted by molar-refractivity contribution is 6.33. The van der Waals surface area contributed by atoms with Crippen molar-refractivity contribution in [3.05, 3.63) is 41.1 Å². The molecule has 1 aromatic carbocycles. The lowest BCUT2D eigenvalue weighted by Crippen LogP contribution is -2.29. The molecule has 0 heterocycles. The Balaban J connectivity index is 2.12. The van der Waals surface area contributed by atoms with Gasteiger partial charge in [-0.15, -0.1) is 0 Å². The third-order valence-electron chi connectivity index (χ3n) is 4.84. The van der Waals surface area contributed by atoms with Crippen molar-refractivity contribution in [2.45, 2.75) is 46.5 Å². The van der Waals surface area contributed by atoms with Crippen LogP contribution in [-0.2, 0) is 4.79 Å². The first-order chi connectivity index (χ1) is 9.94. The van der Waals surface area contributed by atoms with Crippen LogP contribution in [0.1, 0.15) is 46.5 Å². The number of para-hydroxylation sites is 1. The number of rotatable bonds is 4. The summed E-state index contributed by atoms with van der Waals surface area (Å²) in [5, 5.41) is 3.86. The second kappa shape index (κ2) is 6.65. The predicted octanol–water partition coefficient (Wildman–Crippen LogP) is 5.44. The summed E-state index contributed by atoms with van der Waals surface area (Å²) in [5.74, 6) is 0.831. The van der Waals surface area contributed by atoms with E-state index in [0.717, 1.165) is 30.5 Å². The van der Waals surface area contributed by atoms with Crippen LogP contribution in [0.5, 0.6) is 0 Å². The van der Waals surface area contributed by atoms with Gasteiger partial charge in [0.05, 0.1) is 10.7 Å². The summed E-state index contributed by atoms with van der Waals surface area (Å²) in [7, 11) is 0. The highest BCUT2D eigenvalue weighted by Gasteiger charge is 2.33. The number of hydrogen-bond acceptors (Lipinski definition) is 2. The maximum Gasteiger partial charge on any atom is 0.160 e. The zero-order chi connectivity index (χ0) is 15.5. The maximum atomic E-state index is 12.1. The van der Waals surface area contributed by atoms with Gasteiger partial charge in [0, 0.05) is 18.2 Å². The van der Waals surface area contributed by atoms with E-state index in [0.29, 0.717) is 17.4 Å². The normalized spacial score (nSPS) is 21.6. The molecule has 1 aromatic rings. The molecule has 1 aliphatic carbocycles. The molecule has 0 aromatic heterocycles. The lowest BCUT2D eigenvalue weighted by Gasteiger charge is -2.36. The molecule has 2 rings (SSSR count). The number of halogens is 1. The Morgan fingerprint density at radius 3 is 2.76 bits per heavy atom. The Morgan fingerprint density at radius 1 is 1.38 bits per heavy atom. The quantitative estimate of drug-likeness (QED) is 0.750. The van der Waals surface area contributed by atoms with Gasteiger partial charge >= 0.3 is 0 Å². The third-order valence-corrected chi connectivity index (χ3v) is 5.17. The molecule has 0 saturated heterocycles. The Bertz CT molecular complexity index is 548. The number of Topliss-reactive ketones (excluding diaryl/α,β-unsaturated/α-hetero) is 1. The number of carbonyl (C=O) groups is 1. The van der Waals surface area contributed by atoms with E-state index in [2.05, 4.69) is 26.1 Å². The van der Waals surface area contributed by atoms with Gasteiger partial charge in [-0.2, -0.15) is 0 Å². The van der Waals surface area contributed by atoms with Crippen LogP contribution in [0.2, 0.25) is 5.02 Å². The summed E-state index contributed by atoms with van der Waals surface area (Å²) in [4.78, 5) is 12.1. The first kappa shape index (κ1) is 16.1. The topological polar surface area (TPSA) is 29.1 Å². The summed E-state index contributed by atoms with van der Waals surface area (Å²) in [5.41, 5.74) is 2.02. The van der Waals surface area contributed by atoms with Crippen LogP contribution in [0.4, 0.5) is 5.69 Å². The molecule has 1 fully saturated rings. The Kier molecular flexibility index (Phi) is 5.10. The summed E-state index contributed by atoms with van der Waals surface area (Å²) < 4.78 is 0. The molecule has 0 unspecified atom stereocenters. The van der Waals surface area contributed by atoms with Crippen molar-refractivity contribution in [2.24, 2.45) is 11.3 Å². The zero-order valence-electron chi connectivity index (χ0n) is 13.1. The number of hydrogen-bond donors (Lipinski definition) is 1. The molecule has 1 saturated carbocycles. The van der Waals surface area contributed by atoms with Crippen molar-refractivity contribution < 1.29 is 4.79 Å². The largest absolute Gasteiger partial charge is 0.360 e. The van der Waals surface area contributed by atoms with Crippen molar-refractivity contribution in [1.29, 1.82) is 0 Å². The Morgan fingerprint density at radius 2 is 2.10 bits per heavy atom. The number of anilines is 1. The first-order valence-electron chi connectivity index (χ1n) is 7.67. The minimum absolute atomic E-state index is 0.262. The Hall–Kier alpha value is -1.28. The van der Waals surface area contributed by atoms with Gasteiger partial charge < -0.3 is 5.32 Å². The van der Waals surface area contributed by atoms with E-state index in [9.17, 15) is 4.79 Å². The zero-order valence-corrected chi connectivity index (χ0v) is 13.8. The molecule has 0 aliphatic heterocycles.